The van der Waals surface area contributed by atoms with Gasteiger partial charge in [-0.15, -0.1) is 0 Å². The maximum absolute atomic E-state index is 11.3. The van der Waals surface area contributed by atoms with E-state index in [2.05, 4.69) is 44.0 Å². The van der Waals surface area contributed by atoms with Crippen LogP contribution in [0.25, 0.3) is 0 Å². The van der Waals surface area contributed by atoms with Crippen LogP contribution < -0.4 is 5.11 Å². The van der Waals surface area contributed by atoms with Gasteiger partial charge in [-0.2, -0.15) is 0 Å². The van der Waals surface area contributed by atoms with E-state index < -0.39 is 5.97 Å². The van der Waals surface area contributed by atoms with Crippen molar-refractivity contribution in [1.29, 1.82) is 0 Å². The number of halogens is 2. The third kappa shape index (κ3) is 3.35. The van der Waals surface area contributed by atoms with Gasteiger partial charge in [-0.05, 0) is 30.7 Å². The summed E-state index contributed by atoms with van der Waals surface area (Å²) in [7, 11) is 0. The van der Waals surface area contributed by atoms with Crippen LogP contribution in [0.5, 0.6) is 0 Å². The average Bonchev–Trinajstić information content (AvgIpc) is 2.34. The Morgan fingerprint density at radius 2 is 1.78 bits per heavy atom. The average molecular weight is 375 g/mol. The first kappa shape index (κ1) is 14.1. The van der Waals surface area contributed by atoms with Crippen molar-refractivity contribution < 1.29 is 9.90 Å². The Morgan fingerprint density at radius 1 is 1.17 bits per heavy atom. The predicted molar refractivity (Wildman–Crippen MR) is 76.8 cm³/mol. The van der Waals surface area contributed by atoms with Crippen LogP contribution in [0.2, 0.25) is 0 Å². The van der Waals surface area contributed by atoms with Crippen LogP contribution in [0.1, 0.15) is 18.4 Å². The lowest BCUT2D eigenvalue weighted by molar-refractivity contribution is -0.314. The van der Waals surface area contributed by atoms with Crippen LogP contribution in [-0.2, 0) is 11.2 Å². The normalized spacial score (nSPS) is 32.1. The van der Waals surface area contributed by atoms with Gasteiger partial charge in [0.25, 0.3) is 0 Å². The Labute approximate surface area is 124 Å². The molecule has 0 saturated heterocycles. The number of alkyl halides is 2. The Hall–Kier alpha value is -0.350. The van der Waals surface area contributed by atoms with Crippen LogP contribution in [0.4, 0.5) is 0 Å². The zero-order valence-corrected chi connectivity index (χ0v) is 13.1. The molecule has 0 aromatic heterocycles. The van der Waals surface area contributed by atoms with E-state index >= 15 is 0 Å². The lowest BCUT2D eigenvalue weighted by Crippen LogP contribution is -2.43. The lowest BCUT2D eigenvalue weighted by atomic mass is 9.76. The van der Waals surface area contributed by atoms with E-state index in [9.17, 15) is 9.90 Å². The second-order valence-electron chi connectivity index (χ2n) is 4.88. The van der Waals surface area contributed by atoms with Gasteiger partial charge in [-0.1, -0.05) is 62.2 Å². The molecule has 0 aliphatic heterocycles. The van der Waals surface area contributed by atoms with Crippen molar-refractivity contribution in [1.82, 2.24) is 0 Å². The Bertz CT molecular complexity index is 408. The van der Waals surface area contributed by atoms with Gasteiger partial charge < -0.3 is 9.90 Å². The molecular weight excluding hydrogens is 360 g/mol. The van der Waals surface area contributed by atoms with Crippen LogP contribution in [0.15, 0.2) is 30.3 Å². The van der Waals surface area contributed by atoms with Gasteiger partial charge in [0.2, 0.25) is 0 Å². The third-order valence-electron chi connectivity index (χ3n) is 3.61. The summed E-state index contributed by atoms with van der Waals surface area (Å²) >= 11 is 7.16. The molecule has 0 heterocycles. The van der Waals surface area contributed by atoms with Crippen LogP contribution >= 0.6 is 31.9 Å². The fraction of sp³-hybridized carbons (Fsp3) is 0.500. The summed E-state index contributed by atoms with van der Waals surface area (Å²) in [5.41, 5.74) is 1.20. The highest BCUT2D eigenvalue weighted by molar-refractivity contribution is 9.12. The predicted octanol–water partition coefficient (Wildman–Crippen LogP) is 2.53. The molecule has 2 rings (SSSR count). The minimum Gasteiger partial charge on any atom is -0.550 e. The number of hydrogen-bond acceptors (Lipinski definition) is 2. The van der Waals surface area contributed by atoms with Gasteiger partial charge in [0.1, 0.15) is 0 Å². The highest BCUT2D eigenvalue weighted by Gasteiger charge is 2.35. The van der Waals surface area contributed by atoms with E-state index in [1.54, 1.807) is 0 Å². The van der Waals surface area contributed by atoms with Crippen molar-refractivity contribution in [3.05, 3.63) is 35.9 Å². The standard InChI is InChI=1S/C14H16Br2O2/c15-12-7-10(6-9-4-2-1-3-5-9)11(14(17)18)8-13(12)16/h1-5,10-13H,6-8H2,(H,17,18)/p-1/t10-,11+,12-,13-/m1/s1. The maximum Gasteiger partial charge on any atom is 0.0448 e. The van der Waals surface area contributed by atoms with Gasteiger partial charge in [0, 0.05) is 21.5 Å². The van der Waals surface area contributed by atoms with Crippen LogP contribution in [0, 0.1) is 11.8 Å². The number of aliphatic carboxylic acids is 1. The topological polar surface area (TPSA) is 40.1 Å². The molecule has 2 nitrogen and oxygen atoms in total. The number of benzene rings is 1. The molecule has 4 atom stereocenters. The van der Waals surface area contributed by atoms with Crippen molar-refractivity contribution in [3.8, 4) is 0 Å². The van der Waals surface area contributed by atoms with Gasteiger partial charge in [0.05, 0.1) is 0 Å². The first-order valence-electron chi connectivity index (χ1n) is 6.11. The smallest absolute Gasteiger partial charge is 0.0448 e. The van der Waals surface area contributed by atoms with Gasteiger partial charge in [-0.25, -0.2) is 0 Å². The van der Waals surface area contributed by atoms with Crippen molar-refractivity contribution in [3.63, 3.8) is 0 Å². The van der Waals surface area contributed by atoms with E-state index in [4.69, 9.17) is 0 Å². The number of carboxylic acid groups (broad SMARTS) is 1. The zero-order valence-electron chi connectivity index (χ0n) is 9.89. The molecule has 0 spiro atoms. The van der Waals surface area contributed by atoms with E-state index in [-0.39, 0.29) is 16.7 Å². The van der Waals surface area contributed by atoms with E-state index in [1.807, 2.05) is 18.2 Å². The molecule has 98 valence electrons. The fourth-order valence-corrected chi connectivity index (χ4v) is 3.93. The summed E-state index contributed by atoms with van der Waals surface area (Å²) in [6, 6.07) is 10.1. The number of carbonyl (C=O) groups is 1. The third-order valence-corrected chi connectivity index (χ3v) is 6.35. The number of rotatable bonds is 3. The van der Waals surface area contributed by atoms with Crippen molar-refractivity contribution in [2.45, 2.75) is 28.9 Å². The Balaban J connectivity index is 2.11. The molecule has 1 fully saturated rings. The summed E-state index contributed by atoms with van der Waals surface area (Å²) in [4.78, 5) is 11.8. The van der Waals surface area contributed by atoms with Crippen molar-refractivity contribution in [2.75, 3.05) is 0 Å². The molecule has 1 aromatic rings. The molecule has 1 aliphatic carbocycles. The molecule has 4 heteroatoms. The van der Waals surface area contributed by atoms with Gasteiger partial charge in [0.15, 0.2) is 0 Å². The summed E-state index contributed by atoms with van der Waals surface area (Å²) in [5, 5.41) is 11.3. The first-order valence-corrected chi connectivity index (χ1v) is 7.94. The molecule has 0 unspecified atom stereocenters. The van der Waals surface area contributed by atoms with Gasteiger partial charge in [-0.3, -0.25) is 0 Å². The Morgan fingerprint density at radius 3 is 2.39 bits per heavy atom. The molecular formula is C14H15Br2O2-. The van der Waals surface area contributed by atoms with Crippen molar-refractivity contribution >= 4 is 37.8 Å². The highest BCUT2D eigenvalue weighted by Crippen LogP contribution is 2.39. The SMILES string of the molecule is O=C([O-])[C@H]1C[C@@H](Br)[C@H](Br)C[C@H]1Cc1ccccc1. The molecule has 0 bridgehead atoms. The van der Waals surface area contributed by atoms with Crippen LogP contribution in [-0.4, -0.2) is 15.6 Å². The van der Waals surface area contributed by atoms with Crippen LogP contribution in [0.3, 0.4) is 0 Å². The van der Waals surface area contributed by atoms with Crippen molar-refractivity contribution in [2.24, 2.45) is 11.8 Å². The molecule has 18 heavy (non-hydrogen) atoms. The fourth-order valence-electron chi connectivity index (χ4n) is 2.61. The van der Waals surface area contributed by atoms with E-state index in [1.165, 1.54) is 5.56 Å². The summed E-state index contributed by atoms with van der Waals surface area (Å²) < 4.78 is 0. The molecule has 0 amide bonds. The first-order chi connectivity index (χ1) is 8.58. The largest absolute Gasteiger partial charge is 0.550 e. The van der Waals surface area contributed by atoms with Gasteiger partial charge >= 0.3 is 0 Å². The number of carbonyl (C=O) groups excluding carboxylic acids is 1. The second kappa shape index (κ2) is 6.20. The molecule has 0 radical (unpaired) electrons. The molecule has 0 N–H and O–H groups in total. The molecule has 1 aliphatic rings. The minimum atomic E-state index is -0.917. The molecule has 1 aromatic carbocycles. The summed E-state index contributed by atoms with van der Waals surface area (Å²) in [6.45, 7) is 0. The monoisotopic (exact) mass is 373 g/mol. The Kier molecular flexibility index (Phi) is 4.84. The highest BCUT2D eigenvalue weighted by atomic mass is 79.9. The molecule has 1 saturated carbocycles. The van der Waals surface area contributed by atoms with E-state index in [0.717, 1.165) is 12.8 Å². The zero-order chi connectivity index (χ0) is 13.1. The summed E-state index contributed by atoms with van der Waals surface area (Å²) in [5.74, 6) is -1.13. The number of hydrogen-bond donors (Lipinski definition) is 0. The number of carboxylic acids is 1. The second-order valence-corrected chi connectivity index (χ2v) is 7.23. The van der Waals surface area contributed by atoms with E-state index in [0.29, 0.717) is 11.2 Å². The minimum absolute atomic E-state index is 0.149. The summed E-state index contributed by atoms with van der Waals surface area (Å²) in [6.07, 6.45) is 2.31. The quantitative estimate of drug-likeness (QED) is 0.762. The lowest BCUT2D eigenvalue weighted by Gasteiger charge is -2.37. The maximum atomic E-state index is 11.3.